The molecule has 0 radical (unpaired) electrons. The standard InChI is InChI=1S/C18H16O7/c1-11(19)14-8-5-6-13(17(14)24-12(2)20)10-23-16-9-4-3-7-15(16)18(21)25-22/h3-9,22H,10H2,1-2H3. The van der Waals surface area contributed by atoms with E-state index in [0.29, 0.717) is 5.56 Å². The molecule has 0 aliphatic rings. The Morgan fingerprint density at radius 2 is 1.64 bits per heavy atom. The maximum absolute atomic E-state index is 11.7. The summed E-state index contributed by atoms with van der Waals surface area (Å²) in [4.78, 5) is 38.3. The lowest BCUT2D eigenvalue weighted by molar-refractivity contribution is -0.183. The second-order valence-corrected chi connectivity index (χ2v) is 5.11. The molecule has 0 spiro atoms. The van der Waals surface area contributed by atoms with Crippen molar-refractivity contribution in [1.82, 2.24) is 0 Å². The molecular formula is C18H16O7. The summed E-state index contributed by atoms with van der Waals surface area (Å²) in [6.07, 6.45) is 0. The van der Waals surface area contributed by atoms with Crippen molar-refractivity contribution < 1.29 is 34.0 Å². The predicted molar refractivity (Wildman–Crippen MR) is 86.6 cm³/mol. The molecule has 0 aliphatic heterocycles. The van der Waals surface area contributed by atoms with Gasteiger partial charge in [-0.25, -0.2) is 4.79 Å². The Kier molecular flexibility index (Phi) is 5.86. The van der Waals surface area contributed by atoms with Crippen LogP contribution in [0.4, 0.5) is 0 Å². The SMILES string of the molecule is CC(=O)Oc1c(COc2ccccc2C(=O)OO)cccc1C(C)=O. The molecule has 0 aliphatic carbocycles. The maximum Gasteiger partial charge on any atom is 0.376 e. The van der Waals surface area contributed by atoms with Crippen LogP contribution in [0.3, 0.4) is 0 Å². The second kappa shape index (κ2) is 8.07. The van der Waals surface area contributed by atoms with Crippen LogP contribution in [0.15, 0.2) is 42.5 Å². The monoisotopic (exact) mass is 344 g/mol. The highest BCUT2D eigenvalue weighted by atomic mass is 17.1. The number of para-hydroxylation sites is 2. The van der Waals surface area contributed by atoms with Gasteiger partial charge in [-0.05, 0) is 25.1 Å². The van der Waals surface area contributed by atoms with Crippen molar-refractivity contribution in [3.63, 3.8) is 0 Å². The summed E-state index contributed by atoms with van der Waals surface area (Å²) in [5, 5.41) is 8.54. The van der Waals surface area contributed by atoms with Crippen molar-refractivity contribution in [3.8, 4) is 11.5 Å². The fourth-order valence-corrected chi connectivity index (χ4v) is 2.21. The molecule has 0 heterocycles. The smallest absolute Gasteiger partial charge is 0.376 e. The van der Waals surface area contributed by atoms with Gasteiger partial charge in [0.05, 0.1) is 5.56 Å². The fraction of sp³-hybridized carbons (Fsp3) is 0.167. The number of hydrogen-bond acceptors (Lipinski definition) is 7. The summed E-state index contributed by atoms with van der Waals surface area (Å²) >= 11 is 0. The minimum absolute atomic E-state index is 0.0294. The average Bonchev–Trinajstić information content (AvgIpc) is 2.59. The lowest BCUT2D eigenvalue weighted by atomic mass is 10.1. The number of Topliss-reactive ketones (excluding diaryl/α,β-unsaturated/α-hetero) is 1. The zero-order valence-corrected chi connectivity index (χ0v) is 13.6. The van der Waals surface area contributed by atoms with Crippen molar-refractivity contribution in [2.45, 2.75) is 20.5 Å². The van der Waals surface area contributed by atoms with Crippen LogP contribution in [0.2, 0.25) is 0 Å². The number of carbonyl (C=O) groups excluding carboxylic acids is 3. The van der Waals surface area contributed by atoms with E-state index in [2.05, 4.69) is 4.89 Å². The molecule has 0 unspecified atom stereocenters. The topological polar surface area (TPSA) is 99.1 Å². The number of carbonyl (C=O) groups is 3. The van der Waals surface area contributed by atoms with Crippen LogP contribution in [0.25, 0.3) is 0 Å². The van der Waals surface area contributed by atoms with Gasteiger partial charge in [-0.1, -0.05) is 24.3 Å². The van der Waals surface area contributed by atoms with Gasteiger partial charge < -0.3 is 9.47 Å². The van der Waals surface area contributed by atoms with Gasteiger partial charge in [0.25, 0.3) is 0 Å². The molecule has 0 amide bonds. The number of benzene rings is 2. The summed E-state index contributed by atoms with van der Waals surface area (Å²) in [7, 11) is 0. The quantitative estimate of drug-likeness (QED) is 0.283. The van der Waals surface area contributed by atoms with Crippen LogP contribution in [0.1, 0.15) is 40.1 Å². The molecule has 0 saturated heterocycles. The Hall–Kier alpha value is -3.19. The van der Waals surface area contributed by atoms with Crippen LogP contribution in [-0.4, -0.2) is 23.0 Å². The minimum atomic E-state index is -0.965. The summed E-state index contributed by atoms with van der Waals surface area (Å²) in [6.45, 7) is 2.52. The number of ketones is 1. The highest BCUT2D eigenvalue weighted by Crippen LogP contribution is 2.27. The van der Waals surface area contributed by atoms with Crippen LogP contribution in [0.5, 0.6) is 11.5 Å². The van der Waals surface area contributed by atoms with Crippen LogP contribution >= 0.6 is 0 Å². The molecule has 25 heavy (non-hydrogen) atoms. The first-order valence-corrected chi connectivity index (χ1v) is 7.33. The zero-order valence-electron chi connectivity index (χ0n) is 13.6. The first-order valence-electron chi connectivity index (χ1n) is 7.33. The Balaban J connectivity index is 2.33. The molecule has 0 fully saturated rings. The predicted octanol–water partition coefficient (Wildman–Crippen LogP) is 3.02. The lowest BCUT2D eigenvalue weighted by Gasteiger charge is -2.14. The average molecular weight is 344 g/mol. The van der Waals surface area contributed by atoms with Gasteiger partial charge in [0.15, 0.2) is 5.78 Å². The molecule has 0 atom stereocenters. The summed E-state index contributed by atoms with van der Waals surface area (Å²) in [5.74, 6) is -1.51. The number of rotatable bonds is 6. The van der Waals surface area contributed by atoms with E-state index < -0.39 is 11.9 Å². The maximum atomic E-state index is 11.7. The second-order valence-electron chi connectivity index (χ2n) is 5.11. The first kappa shape index (κ1) is 18.2. The van der Waals surface area contributed by atoms with Gasteiger partial charge in [-0.15, -0.1) is 0 Å². The molecule has 7 nitrogen and oxygen atoms in total. The van der Waals surface area contributed by atoms with Crippen molar-refractivity contribution in [1.29, 1.82) is 0 Å². The molecule has 0 bridgehead atoms. The third kappa shape index (κ3) is 4.42. The van der Waals surface area contributed by atoms with Crippen LogP contribution < -0.4 is 9.47 Å². The molecule has 7 heteroatoms. The first-order chi connectivity index (χ1) is 11.9. The largest absolute Gasteiger partial charge is 0.488 e. The Bertz CT molecular complexity index is 811. The summed E-state index contributed by atoms with van der Waals surface area (Å²) in [6, 6.07) is 11.0. The minimum Gasteiger partial charge on any atom is -0.488 e. The van der Waals surface area contributed by atoms with E-state index in [1.54, 1.807) is 30.3 Å². The van der Waals surface area contributed by atoms with Gasteiger partial charge >= 0.3 is 11.9 Å². The van der Waals surface area contributed by atoms with Gasteiger partial charge in [0, 0.05) is 12.5 Å². The molecule has 1 N–H and O–H groups in total. The molecule has 2 rings (SSSR count). The van der Waals surface area contributed by atoms with Crippen LogP contribution in [-0.2, 0) is 16.3 Å². The summed E-state index contributed by atoms with van der Waals surface area (Å²) < 4.78 is 10.7. The van der Waals surface area contributed by atoms with Crippen molar-refractivity contribution in [3.05, 3.63) is 59.2 Å². The van der Waals surface area contributed by atoms with Gasteiger partial charge in [0.2, 0.25) is 0 Å². The summed E-state index contributed by atoms with van der Waals surface area (Å²) in [5.41, 5.74) is 0.733. The van der Waals surface area contributed by atoms with E-state index in [1.807, 2.05) is 0 Å². The Morgan fingerprint density at radius 1 is 0.960 bits per heavy atom. The molecule has 2 aromatic rings. The van der Waals surface area contributed by atoms with Gasteiger partial charge in [0.1, 0.15) is 23.7 Å². The third-order valence-corrected chi connectivity index (χ3v) is 3.29. The van der Waals surface area contributed by atoms with E-state index in [4.69, 9.17) is 14.7 Å². The van der Waals surface area contributed by atoms with Gasteiger partial charge in [-0.2, -0.15) is 5.26 Å². The normalized spacial score (nSPS) is 10.0. The van der Waals surface area contributed by atoms with Crippen molar-refractivity contribution in [2.75, 3.05) is 0 Å². The Morgan fingerprint density at radius 3 is 2.28 bits per heavy atom. The third-order valence-electron chi connectivity index (χ3n) is 3.29. The number of esters is 1. The molecule has 0 aromatic heterocycles. The van der Waals surface area contributed by atoms with Crippen LogP contribution in [0, 0.1) is 0 Å². The van der Waals surface area contributed by atoms with E-state index in [-0.39, 0.29) is 35.0 Å². The van der Waals surface area contributed by atoms with E-state index in [0.717, 1.165) is 0 Å². The van der Waals surface area contributed by atoms with E-state index in [1.165, 1.54) is 26.0 Å². The lowest BCUT2D eigenvalue weighted by Crippen LogP contribution is -2.11. The Labute approximate surface area is 143 Å². The molecule has 2 aromatic carbocycles. The van der Waals surface area contributed by atoms with Gasteiger partial charge in [-0.3, -0.25) is 14.5 Å². The van der Waals surface area contributed by atoms with Crippen molar-refractivity contribution >= 4 is 17.7 Å². The van der Waals surface area contributed by atoms with E-state index in [9.17, 15) is 14.4 Å². The fourth-order valence-electron chi connectivity index (χ4n) is 2.21. The number of ether oxygens (including phenoxy) is 2. The zero-order chi connectivity index (χ0) is 18.4. The molecule has 130 valence electrons. The molecular weight excluding hydrogens is 328 g/mol. The number of hydrogen-bond donors (Lipinski definition) is 1. The molecule has 0 saturated carbocycles. The highest BCUT2D eigenvalue weighted by Gasteiger charge is 2.18. The van der Waals surface area contributed by atoms with E-state index >= 15 is 0 Å². The van der Waals surface area contributed by atoms with Crippen molar-refractivity contribution in [2.24, 2.45) is 0 Å². The highest BCUT2D eigenvalue weighted by molar-refractivity contribution is 5.98.